The first-order valence-electron chi connectivity index (χ1n) is 30.4. The van der Waals surface area contributed by atoms with E-state index in [-0.39, 0.29) is 0 Å². The van der Waals surface area contributed by atoms with Crippen LogP contribution in [-0.2, 0) is 5.41 Å². The van der Waals surface area contributed by atoms with Crippen molar-refractivity contribution in [1.82, 2.24) is 0 Å². The van der Waals surface area contributed by atoms with Crippen LogP contribution < -0.4 is 14.7 Å². The summed E-state index contributed by atoms with van der Waals surface area (Å²) >= 11 is 0. The molecule has 15 rings (SSSR count). The predicted molar refractivity (Wildman–Crippen MR) is 372 cm³/mol. The van der Waals surface area contributed by atoms with Gasteiger partial charge in [0.2, 0.25) is 0 Å². The van der Waals surface area contributed by atoms with E-state index in [0.717, 1.165) is 129 Å². The molecule has 0 radical (unpaired) electrons. The van der Waals surface area contributed by atoms with Crippen LogP contribution in [0.2, 0.25) is 0 Å². The molecule has 14 aromatic carbocycles. The Morgan fingerprint density at radius 1 is 0.202 bits per heavy atom. The van der Waals surface area contributed by atoms with Gasteiger partial charge in [0, 0.05) is 67.4 Å². The van der Waals surface area contributed by atoms with E-state index in [2.05, 4.69) is 379 Å². The van der Waals surface area contributed by atoms with Crippen molar-refractivity contribution >= 4 is 73.1 Å². The molecule has 1 aromatic heterocycles. The maximum atomic E-state index is 6.56. The third kappa shape index (κ3) is 10.3. The van der Waals surface area contributed by atoms with E-state index in [9.17, 15) is 0 Å². The predicted octanol–water partition coefficient (Wildman–Crippen LogP) is 23.4. The molecule has 0 amide bonds. The molecule has 89 heavy (non-hydrogen) atoms. The van der Waals surface area contributed by atoms with E-state index in [1.165, 1.54) is 0 Å². The lowest BCUT2D eigenvalue weighted by Gasteiger charge is -2.39. The SMILES string of the molecule is c1ccc(-c2cccc(-c3ccccc3)c2N(c2cccc(N(c3ccccc3)c3ccccc3)c2)c2cc(-c3ccc4oc5ccccc5c4c3)cc(C(c3ccccc3)(c3ccccc3)c3cccc(N(c4ccccc4)c4ccccc4)c3)c2)cc1. The number of rotatable bonds is 16. The summed E-state index contributed by atoms with van der Waals surface area (Å²) in [5.74, 6) is 0. The molecule has 15 aromatic rings. The minimum atomic E-state index is -0.930. The van der Waals surface area contributed by atoms with E-state index >= 15 is 0 Å². The van der Waals surface area contributed by atoms with Gasteiger partial charge >= 0.3 is 0 Å². The highest BCUT2D eigenvalue weighted by atomic mass is 16.3. The number of anilines is 9. The van der Waals surface area contributed by atoms with E-state index in [1.807, 2.05) is 6.07 Å². The second-order valence-corrected chi connectivity index (χ2v) is 22.4. The molecule has 422 valence electrons. The summed E-state index contributed by atoms with van der Waals surface area (Å²) < 4.78 is 6.56. The van der Waals surface area contributed by atoms with Gasteiger partial charge in [0.05, 0.1) is 11.1 Å². The molecular weight excluding hydrogens is 1080 g/mol. The highest BCUT2D eigenvalue weighted by molar-refractivity contribution is 6.07. The van der Waals surface area contributed by atoms with Crippen molar-refractivity contribution in [3.05, 3.63) is 392 Å². The molecule has 0 aliphatic rings. The van der Waals surface area contributed by atoms with E-state index in [0.29, 0.717) is 0 Å². The second kappa shape index (κ2) is 24.0. The summed E-state index contributed by atoms with van der Waals surface area (Å²) in [4.78, 5) is 7.25. The molecule has 4 nitrogen and oxygen atoms in total. The van der Waals surface area contributed by atoms with Crippen LogP contribution in [0, 0.1) is 0 Å². The van der Waals surface area contributed by atoms with Crippen molar-refractivity contribution in [1.29, 1.82) is 0 Å². The molecule has 0 saturated carbocycles. The van der Waals surface area contributed by atoms with Crippen LogP contribution in [-0.4, -0.2) is 0 Å². The molecule has 0 N–H and O–H groups in total. The molecule has 1 heterocycles. The second-order valence-electron chi connectivity index (χ2n) is 22.4. The zero-order valence-electron chi connectivity index (χ0n) is 49.0. The maximum Gasteiger partial charge on any atom is 0.135 e. The van der Waals surface area contributed by atoms with Gasteiger partial charge in [0.15, 0.2) is 0 Å². The highest BCUT2D eigenvalue weighted by Crippen LogP contribution is 2.53. The first kappa shape index (κ1) is 54.0. The molecule has 0 fully saturated rings. The number of benzene rings is 14. The van der Waals surface area contributed by atoms with Crippen LogP contribution >= 0.6 is 0 Å². The molecule has 4 heteroatoms. The van der Waals surface area contributed by atoms with Crippen molar-refractivity contribution in [3.8, 4) is 33.4 Å². The van der Waals surface area contributed by atoms with Gasteiger partial charge in [0.25, 0.3) is 0 Å². The topological polar surface area (TPSA) is 22.9 Å². The minimum absolute atomic E-state index is 0.844. The fraction of sp³-hybridized carbons (Fsp3) is 0.0118. The van der Waals surface area contributed by atoms with Gasteiger partial charge in [0.1, 0.15) is 11.2 Å². The van der Waals surface area contributed by atoms with Gasteiger partial charge in [-0.1, -0.05) is 255 Å². The van der Waals surface area contributed by atoms with Crippen LogP contribution in [0.4, 0.5) is 51.2 Å². The number of hydrogen-bond donors (Lipinski definition) is 0. The number of para-hydroxylation sites is 6. The third-order valence-electron chi connectivity index (χ3n) is 17.1. The summed E-state index contributed by atoms with van der Waals surface area (Å²) in [6.07, 6.45) is 0. The molecule has 0 aliphatic heterocycles. The largest absolute Gasteiger partial charge is 0.456 e. The summed E-state index contributed by atoms with van der Waals surface area (Å²) in [6.45, 7) is 0. The molecule has 0 unspecified atom stereocenters. The lowest BCUT2D eigenvalue weighted by atomic mass is 9.64. The first-order chi connectivity index (χ1) is 44.2. The lowest BCUT2D eigenvalue weighted by Crippen LogP contribution is -2.31. The van der Waals surface area contributed by atoms with E-state index < -0.39 is 5.41 Å². The monoisotopic (exact) mass is 1140 g/mol. The Labute approximate surface area is 520 Å². The quantitative estimate of drug-likeness (QED) is 0.0900. The molecule has 0 saturated heterocycles. The van der Waals surface area contributed by atoms with Crippen molar-refractivity contribution in [2.24, 2.45) is 0 Å². The third-order valence-corrected chi connectivity index (χ3v) is 17.1. The molecule has 0 spiro atoms. The van der Waals surface area contributed by atoms with Gasteiger partial charge in [-0.3, -0.25) is 0 Å². The van der Waals surface area contributed by atoms with Crippen LogP contribution in [0.15, 0.2) is 374 Å². The fourth-order valence-corrected chi connectivity index (χ4v) is 13.2. The van der Waals surface area contributed by atoms with Gasteiger partial charge in [-0.05, 0) is 160 Å². The Kier molecular flexibility index (Phi) is 14.5. The summed E-state index contributed by atoms with van der Waals surface area (Å²) in [5.41, 5.74) is 21.0. The summed E-state index contributed by atoms with van der Waals surface area (Å²) in [7, 11) is 0. The van der Waals surface area contributed by atoms with E-state index in [1.54, 1.807) is 0 Å². The number of nitrogens with zero attached hydrogens (tertiary/aromatic N) is 3. The fourth-order valence-electron chi connectivity index (χ4n) is 13.2. The Morgan fingerprint density at radius 3 is 1.10 bits per heavy atom. The number of fused-ring (bicyclic) bond motifs is 3. The first-order valence-corrected chi connectivity index (χ1v) is 30.4. The minimum Gasteiger partial charge on any atom is -0.456 e. The van der Waals surface area contributed by atoms with Crippen molar-refractivity contribution in [3.63, 3.8) is 0 Å². The van der Waals surface area contributed by atoms with Gasteiger partial charge < -0.3 is 19.1 Å². The standard InChI is InChI=1S/C85H61N3O/c1-9-30-62(31-10-1)78-51-29-52-79(63-32-11-2-12-33-63)84(78)88(76-49-28-48-75(61-76)87(72-43-21-7-22-44-72)73-45-23-8-24-46-73)77-57-65(64-54-55-83-81(58-64)80-50-25-26-53-82(80)89-83)56-69(60-77)85(66-34-13-3-14-35-66,67-36-15-4-16-37-67)68-38-27-47-74(59-68)86(70-39-17-5-18-40-70)71-41-19-6-20-42-71/h1-61H. The molecular formula is C85H61N3O. The number of hydrogen-bond acceptors (Lipinski definition) is 4. The van der Waals surface area contributed by atoms with Crippen molar-refractivity contribution in [2.75, 3.05) is 14.7 Å². The van der Waals surface area contributed by atoms with Crippen LogP contribution in [0.25, 0.3) is 55.3 Å². The average molecular weight is 1140 g/mol. The van der Waals surface area contributed by atoms with Crippen LogP contribution in [0.3, 0.4) is 0 Å². The van der Waals surface area contributed by atoms with Crippen LogP contribution in [0.5, 0.6) is 0 Å². The molecule has 0 bridgehead atoms. The van der Waals surface area contributed by atoms with Gasteiger partial charge in [-0.15, -0.1) is 0 Å². The van der Waals surface area contributed by atoms with Crippen LogP contribution in [0.1, 0.15) is 22.3 Å². The highest BCUT2D eigenvalue weighted by Gasteiger charge is 2.40. The molecule has 0 aliphatic carbocycles. The normalized spacial score (nSPS) is 11.4. The Bertz CT molecular complexity index is 4710. The van der Waals surface area contributed by atoms with Crippen molar-refractivity contribution < 1.29 is 4.42 Å². The zero-order chi connectivity index (χ0) is 59.4. The molecule has 0 atom stereocenters. The lowest BCUT2D eigenvalue weighted by molar-refractivity contribution is 0.669. The van der Waals surface area contributed by atoms with E-state index in [4.69, 9.17) is 4.42 Å². The zero-order valence-corrected chi connectivity index (χ0v) is 49.0. The maximum absolute atomic E-state index is 6.56. The Balaban J connectivity index is 1.08. The summed E-state index contributed by atoms with van der Waals surface area (Å²) in [6, 6.07) is 134. The van der Waals surface area contributed by atoms with Gasteiger partial charge in [-0.25, -0.2) is 0 Å². The number of furan rings is 1. The van der Waals surface area contributed by atoms with Gasteiger partial charge in [-0.2, -0.15) is 0 Å². The average Bonchev–Trinajstić information content (AvgIpc) is 1.49. The smallest absolute Gasteiger partial charge is 0.135 e. The Hall–Kier alpha value is -11.7. The Morgan fingerprint density at radius 2 is 0.584 bits per heavy atom. The van der Waals surface area contributed by atoms with Crippen molar-refractivity contribution in [2.45, 2.75) is 5.41 Å². The summed E-state index contributed by atoms with van der Waals surface area (Å²) in [5, 5.41) is 2.13.